The number of anilines is 1. The van der Waals surface area contributed by atoms with E-state index in [1.807, 2.05) is 30.3 Å². The van der Waals surface area contributed by atoms with E-state index in [9.17, 15) is 18.0 Å². The van der Waals surface area contributed by atoms with E-state index in [-0.39, 0.29) is 34.2 Å². The SMILES string of the molecule is C[C@H](C(=O)NC1CCCC1)N(CCc1ccccc1)C(=O)CN(c1cc(Cl)ccc1Cl)S(C)(=O)=O. The van der Waals surface area contributed by atoms with Crippen molar-refractivity contribution in [3.05, 3.63) is 64.1 Å². The van der Waals surface area contributed by atoms with Crippen molar-refractivity contribution < 1.29 is 18.0 Å². The quantitative estimate of drug-likeness (QED) is 0.488. The average Bonchev–Trinajstić information content (AvgIpc) is 3.32. The third-order valence-corrected chi connectivity index (χ3v) is 7.89. The van der Waals surface area contributed by atoms with Gasteiger partial charge in [-0.2, -0.15) is 0 Å². The van der Waals surface area contributed by atoms with Crippen molar-refractivity contribution in [1.82, 2.24) is 10.2 Å². The van der Waals surface area contributed by atoms with Gasteiger partial charge in [-0.05, 0) is 49.9 Å². The van der Waals surface area contributed by atoms with Crippen molar-refractivity contribution in [1.29, 1.82) is 0 Å². The Bertz CT molecular complexity index is 1140. The van der Waals surface area contributed by atoms with Crippen LogP contribution in [0.25, 0.3) is 0 Å². The summed E-state index contributed by atoms with van der Waals surface area (Å²) in [6, 6.07) is 13.4. The Morgan fingerprint density at radius 3 is 2.37 bits per heavy atom. The van der Waals surface area contributed by atoms with Gasteiger partial charge in [0.1, 0.15) is 12.6 Å². The number of benzene rings is 2. The minimum Gasteiger partial charge on any atom is -0.352 e. The number of amides is 2. The summed E-state index contributed by atoms with van der Waals surface area (Å²) in [4.78, 5) is 28.0. The number of nitrogens with zero attached hydrogens (tertiary/aromatic N) is 2. The lowest BCUT2D eigenvalue weighted by Gasteiger charge is -2.32. The van der Waals surface area contributed by atoms with Crippen LogP contribution in [-0.4, -0.2) is 56.6 Å². The summed E-state index contributed by atoms with van der Waals surface area (Å²) < 4.78 is 26.2. The Labute approximate surface area is 217 Å². The first kappa shape index (κ1) is 27.3. The van der Waals surface area contributed by atoms with Gasteiger partial charge >= 0.3 is 0 Å². The molecule has 0 spiro atoms. The first-order valence-electron chi connectivity index (χ1n) is 11.6. The summed E-state index contributed by atoms with van der Waals surface area (Å²) >= 11 is 12.3. The van der Waals surface area contributed by atoms with Gasteiger partial charge < -0.3 is 10.2 Å². The summed E-state index contributed by atoms with van der Waals surface area (Å²) in [6.45, 7) is 1.42. The number of halogens is 2. The zero-order valence-electron chi connectivity index (χ0n) is 19.9. The van der Waals surface area contributed by atoms with Crippen molar-refractivity contribution in [2.75, 3.05) is 23.7 Å². The fraction of sp³-hybridized carbons (Fsp3) is 0.440. The highest BCUT2D eigenvalue weighted by Crippen LogP contribution is 2.30. The van der Waals surface area contributed by atoms with Gasteiger partial charge in [0.2, 0.25) is 21.8 Å². The van der Waals surface area contributed by atoms with Crippen molar-refractivity contribution >= 4 is 50.7 Å². The lowest BCUT2D eigenvalue weighted by molar-refractivity contribution is -0.139. The van der Waals surface area contributed by atoms with Crippen LogP contribution < -0.4 is 9.62 Å². The largest absolute Gasteiger partial charge is 0.352 e. The third-order valence-electron chi connectivity index (χ3n) is 6.21. The second-order valence-electron chi connectivity index (χ2n) is 8.85. The molecule has 0 radical (unpaired) electrons. The van der Waals surface area contributed by atoms with Crippen LogP contribution in [0.15, 0.2) is 48.5 Å². The predicted molar refractivity (Wildman–Crippen MR) is 140 cm³/mol. The van der Waals surface area contributed by atoms with Crippen molar-refractivity contribution in [3.63, 3.8) is 0 Å². The Hall–Kier alpha value is -2.29. The highest BCUT2D eigenvalue weighted by molar-refractivity contribution is 7.92. The Morgan fingerprint density at radius 1 is 1.09 bits per heavy atom. The van der Waals surface area contributed by atoms with Gasteiger partial charge in [-0.3, -0.25) is 13.9 Å². The van der Waals surface area contributed by atoms with E-state index in [4.69, 9.17) is 23.2 Å². The smallest absolute Gasteiger partial charge is 0.244 e. The highest BCUT2D eigenvalue weighted by Gasteiger charge is 2.31. The molecule has 0 aromatic heterocycles. The van der Waals surface area contributed by atoms with Crippen LogP contribution in [-0.2, 0) is 26.0 Å². The second-order valence-corrected chi connectivity index (χ2v) is 11.6. The van der Waals surface area contributed by atoms with Crippen molar-refractivity contribution in [2.24, 2.45) is 0 Å². The van der Waals surface area contributed by atoms with E-state index in [0.29, 0.717) is 6.42 Å². The number of carbonyl (C=O) groups excluding carboxylic acids is 2. The molecule has 1 atom stereocenters. The molecule has 190 valence electrons. The Balaban J connectivity index is 1.85. The standard InChI is InChI=1S/C25H31Cl2N3O4S/c1-18(25(32)28-21-10-6-7-11-21)29(15-14-19-8-4-3-5-9-19)24(31)17-30(35(2,33)34)23-16-20(26)12-13-22(23)27/h3-5,8-9,12-13,16,18,21H,6-7,10-11,14-15,17H2,1-2H3,(H,28,32)/t18-/m1/s1. The zero-order valence-corrected chi connectivity index (χ0v) is 22.2. The molecule has 1 aliphatic carbocycles. The van der Waals surface area contributed by atoms with Gasteiger partial charge in [0.05, 0.1) is 17.0 Å². The van der Waals surface area contributed by atoms with Crippen LogP contribution in [0.5, 0.6) is 0 Å². The summed E-state index contributed by atoms with van der Waals surface area (Å²) in [5.41, 5.74) is 1.12. The molecule has 2 aromatic rings. The number of rotatable bonds is 10. The topological polar surface area (TPSA) is 86.8 Å². The molecule has 1 N–H and O–H groups in total. The number of carbonyl (C=O) groups is 2. The predicted octanol–water partition coefficient (Wildman–Crippen LogP) is 4.28. The molecule has 10 heteroatoms. The molecule has 0 unspecified atom stereocenters. The third kappa shape index (κ3) is 7.59. The van der Waals surface area contributed by atoms with Crippen LogP contribution in [0.4, 0.5) is 5.69 Å². The zero-order chi connectivity index (χ0) is 25.6. The van der Waals surface area contributed by atoms with Crippen molar-refractivity contribution in [2.45, 2.75) is 51.1 Å². The van der Waals surface area contributed by atoms with Gasteiger partial charge in [0.15, 0.2) is 0 Å². The normalized spacial score (nSPS) is 15.0. The van der Waals surface area contributed by atoms with Crippen molar-refractivity contribution in [3.8, 4) is 0 Å². The van der Waals surface area contributed by atoms with E-state index >= 15 is 0 Å². The van der Waals surface area contributed by atoms with E-state index in [0.717, 1.165) is 41.8 Å². The summed E-state index contributed by atoms with van der Waals surface area (Å²) in [5.74, 6) is -0.749. The molecular weight excluding hydrogens is 509 g/mol. The van der Waals surface area contributed by atoms with Gasteiger partial charge in [-0.1, -0.05) is 66.4 Å². The molecule has 3 rings (SSSR count). The molecule has 2 aromatic carbocycles. The van der Waals surface area contributed by atoms with Crippen LogP contribution in [0, 0.1) is 0 Å². The van der Waals surface area contributed by atoms with Crippen LogP contribution in [0.2, 0.25) is 10.0 Å². The molecule has 0 bridgehead atoms. The van der Waals surface area contributed by atoms with Crippen LogP contribution >= 0.6 is 23.2 Å². The monoisotopic (exact) mass is 539 g/mol. The van der Waals surface area contributed by atoms with Gasteiger partial charge in [-0.15, -0.1) is 0 Å². The molecule has 7 nitrogen and oxygen atoms in total. The molecular formula is C25H31Cl2N3O4S. The van der Waals surface area contributed by atoms with E-state index in [1.165, 1.54) is 23.1 Å². The second kappa shape index (κ2) is 12.1. The minimum atomic E-state index is -3.88. The Morgan fingerprint density at radius 2 is 1.74 bits per heavy atom. The maximum atomic E-state index is 13.5. The molecule has 0 aliphatic heterocycles. The summed E-state index contributed by atoms with van der Waals surface area (Å²) in [6.07, 6.45) is 5.50. The van der Waals surface area contributed by atoms with Crippen LogP contribution in [0.3, 0.4) is 0 Å². The lowest BCUT2D eigenvalue weighted by Crippen LogP contribution is -2.53. The number of sulfonamides is 1. The summed E-state index contributed by atoms with van der Waals surface area (Å²) in [7, 11) is -3.88. The van der Waals surface area contributed by atoms with Gasteiger partial charge in [0.25, 0.3) is 0 Å². The first-order chi connectivity index (χ1) is 16.6. The van der Waals surface area contributed by atoms with Gasteiger partial charge in [-0.25, -0.2) is 8.42 Å². The van der Waals surface area contributed by atoms with E-state index in [1.54, 1.807) is 6.92 Å². The fourth-order valence-electron chi connectivity index (χ4n) is 4.23. The lowest BCUT2D eigenvalue weighted by atomic mass is 10.1. The maximum Gasteiger partial charge on any atom is 0.244 e. The van der Waals surface area contributed by atoms with E-state index < -0.39 is 28.5 Å². The molecule has 1 fully saturated rings. The average molecular weight is 541 g/mol. The number of hydrogen-bond acceptors (Lipinski definition) is 4. The molecule has 1 aliphatic rings. The number of nitrogens with one attached hydrogen (secondary N) is 1. The molecule has 0 saturated heterocycles. The molecule has 35 heavy (non-hydrogen) atoms. The molecule has 1 saturated carbocycles. The fourth-order valence-corrected chi connectivity index (χ4v) is 5.52. The Kier molecular flexibility index (Phi) is 9.44. The molecule has 2 amide bonds. The highest BCUT2D eigenvalue weighted by atomic mass is 35.5. The maximum absolute atomic E-state index is 13.5. The van der Waals surface area contributed by atoms with Gasteiger partial charge in [0, 0.05) is 17.6 Å². The van der Waals surface area contributed by atoms with E-state index in [2.05, 4.69) is 5.32 Å². The number of hydrogen-bond donors (Lipinski definition) is 1. The summed E-state index contributed by atoms with van der Waals surface area (Å²) in [5, 5.41) is 3.48. The molecule has 0 heterocycles. The first-order valence-corrected chi connectivity index (χ1v) is 14.2. The van der Waals surface area contributed by atoms with Crippen LogP contribution in [0.1, 0.15) is 38.2 Å². The minimum absolute atomic E-state index is 0.105.